The van der Waals surface area contributed by atoms with E-state index in [0.717, 1.165) is 19.3 Å². The van der Waals surface area contributed by atoms with Gasteiger partial charge in [-0.25, -0.2) is 0 Å². The van der Waals surface area contributed by atoms with Crippen LogP contribution >= 0.6 is 0 Å². The summed E-state index contributed by atoms with van der Waals surface area (Å²) in [5, 5.41) is 0. The van der Waals surface area contributed by atoms with E-state index in [1.807, 2.05) is 0 Å². The van der Waals surface area contributed by atoms with Crippen LogP contribution in [0.15, 0.2) is 11.6 Å². The predicted octanol–water partition coefficient (Wildman–Crippen LogP) is 6.10. The van der Waals surface area contributed by atoms with Gasteiger partial charge in [0.25, 0.3) is 6.47 Å². The third-order valence-electron chi connectivity index (χ3n) is 6.50. The van der Waals surface area contributed by atoms with Crippen molar-refractivity contribution in [2.75, 3.05) is 0 Å². The van der Waals surface area contributed by atoms with Crippen molar-refractivity contribution in [2.45, 2.75) is 104 Å². The van der Waals surface area contributed by atoms with E-state index in [-0.39, 0.29) is 17.4 Å². The summed E-state index contributed by atoms with van der Waals surface area (Å²) in [6, 6.07) is 0. The molecular formula is C24H40O3Si. The molecule has 0 aliphatic heterocycles. The third kappa shape index (κ3) is 5.73. The first kappa shape index (κ1) is 23.2. The molecule has 2 aliphatic carbocycles. The Hall–Kier alpha value is -1.05. The van der Waals surface area contributed by atoms with E-state index >= 15 is 0 Å². The number of rotatable bonds is 9. The van der Waals surface area contributed by atoms with Gasteiger partial charge in [-0.05, 0) is 56.7 Å². The highest BCUT2D eigenvalue weighted by Crippen LogP contribution is 2.56. The van der Waals surface area contributed by atoms with Crippen LogP contribution in [0.3, 0.4) is 0 Å². The molecule has 4 heteroatoms. The molecule has 3 nitrogen and oxygen atoms in total. The van der Waals surface area contributed by atoms with Gasteiger partial charge in [0.1, 0.15) is 0 Å². The molecule has 0 radical (unpaired) electrons. The van der Waals surface area contributed by atoms with E-state index in [4.69, 9.17) is 9.16 Å². The Morgan fingerprint density at radius 3 is 2.75 bits per heavy atom. The SMILES string of the molecule is CCCCCC#CC(OC=O)[C@@H](C)C1=CC[C@H]2[C@@H](O[Si](C)(C)C)CCC[C@]12C. The summed E-state index contributed by atoms with van der Waals surface area (Å²) >= 11 is 0. The quantitative estimate of drug-likeness (QED) is 0.153. The zero-order chi connectivity index (χ0) is 20.8. The Kier molecular flexibility index (Phi) is 8.39. The van der Waals surface area contributed by atoms with Gasteiger partial charge in [0, 0.05) is 18.4 Å². The number of carbonyl (C=O) groups is 1. The molecule has 0 bridgehead atoms. The lowest BCUT2D eigenvalue weighted by Gasteiger charge is -2.47. The van der Waals surface area contributed by atoms with Gasteiger partial charge in [0.05, 0.1) is 0 Å². The van der Waals surface area contributed by atoms with Crippen molar-refractivity contribution >= 4 is 14.8 Å². The minimum atomic E-state index is -1.57. The summed E-state index contributed by atoms with van der Waals surface area (Å²) in [5.41, 5.74) is 1.56. The van der Waals surface area contributed by atoms with Crippen LogP contribution in [-0.2, 0) is 14.0 Å². The maximum atomic E-state index is 11.1. The third-order valence-corrected chi connectivity index (χ3v) is 7.51. The fourth-order valence-electron chi connectivity index (χ4n) is 5.16. The first-order chi connectivity index (χ1) is 13.2. The molecule has 2 aliphatic rings. The summed E-state index contributed by atoms with van der Waals surface area (Å²) in [5.74, 6) is 7.17. The van der Waals surface area contributed by atoms with Crippen molar-refractivity contribution in [3.63, 3.8) is 0 Å². The molecule has 0 spiro atoms. The van der Waals surface area contributed by atoms with Crippen LogP contribution in [0.1, 0.15) is 72.1 Å². The van der Waals surface area contributed by atoms with Crippen molar-refractivity contribution in [3.05, 3.63) is 11.6 Å². The molecular weight excluding hydrogens is 364 g/mol. The summed E-state index contributed by atoms with van der Waals surface area (Å²) in [7, 11) is -1.57. The second-order valence-corrected chi connectivity index (χ2v) is 14.3. The number of hydrogen-bond acceptors (Lipinski definition) is 3. The predicted molar refractivity (Wildman–Crippen MR) is 118 cm³/mol. The van der Waals surface area contributed by atoms with Gasteiger partial charge < -0.3 is 9.16 Å². The summed E-state index contributed by atoms with van der Waals surface area (Å²) in [6.45, 7) is 14.2. The van der Waals surface area contributed by atoms with Crippen LogP contribution in [0.2, 0.25) is 19.6 Å². The normalized spacial score (nSPS) is 29.1. The minimum absolute atomic E-state index is 0.129. The fourth-order valence-corrected chi connectivity index (χ4v) is 6.35. The molecule has 0 N–H and O–H groups in total. The molecule has 158 valence electrons. The molecule has 1 saturated carbocycles. The maximum absolute atomic E-state index is 11.1. The van der Waals surface area contributed by atoms with Gasteiger partial charge in [-0.15, -0.1) is 0 Å². The molecule has 5 atom stereocenters. The highest BCUT2D eigenvalue weighted by molar-refractivity contribution is 6.69. The van der Waals surface area contributed by atoms with E-state index in [0.29, 0.717) is 18.5 Å². The van der Waals surface area contributed by atoms with Crippen LogP contribution in [-0.4, -0.2) is 27.0 Å². The Morgan fingerprint density at radius 1 is 1.36 bits per heavy atom. The first-order valence-corrected chi connectivity index (χ1v) is 14.6. The minimum Gasteiger partial charge on any atom is -0.451 e. The number of unbranched alkanes of at least 4 members (excludes halogenated alkanes) is 3. The summed E-state index contributed by atoms with van der Waals surface area (Å²) in [6.07, 6.45) is 11.4. The Balaban J connectivity index is 2.13. The maximum Gasteiger partial charge on any atom is 0.294 e. The number of allylic oxidation sites excluding steroid dienone is 1. The molecule has 0 aromatic rings. The molecule has 0 saturated heterocycles. The smallest absolute Gasteiger partial charge is 0.294 e. The van der Waals surface area contributed by atoms with Gasteiger partial charge in [-0.1, -0.05) is 63.5 Å². The second kappa shape index (κ2) is 10.1. The highest BCUT2D eigenvalue weighted by Gasteiger charge is 2.50. The lowest BCUT2D eigenvalue weighted by molar-refractivity contribution is -0.132. The topological polar surface area (TPSA) is 35.5 Å². The molecule has 1 unspecified atom stereocenters. The molecule has 0 amide bonds. The van der Waals surface area contributed by atoms with Crippen LogP contribution in [0.25, 0.3) is 0 Å². The van der Waals surface area contributed by atoms with E-state index in [2.05, 4.69) is 58.3 Å². The van der Waals surface area contributed by atoms with E-state index in [1.54, 1.807) is 0 Å². The summed E-state index contributed by atoms with van der Waals surface area (Å²) < 4.78 is 12.0. The van der Waals surface area contributed by atoms with Crippen molar-refractivity contribution in [3.8, 4) is 11.8 Å². The molecule has 2 rings (SSSR count). The standard InChI is InChI=1S/C24H40O3Si/c1-7-8-9-10-11-13-22(26-18-25)19(2)20-15-16-21-23(27-28(4,5)6)14-12-17-24(20,21)3/h15,18-19,21-23H,7-10,12,14,16-17H2,1-6H3/t19-,21-,22?,23-,24+/m0/s1. The molecule has 0 heterocycles. The number of ether oxygens (including phenoxy) is 1. The number of carbonyl (C=O) groups excluding carboxylic acids is 1. The zero-order valence-corrected chi connectivity index (χ0v) is 19.8. The first-order valence-electron chi connectivity index (χ1n) is 11.2. The van der Waals surface area contributed by atoms with Crippen molar-refractivity contribution in [1.29, 1.82) is 0 Å². The van der Waals surface area contributed by atoms with Crippen molar-refractivity contribution < 1.29 is 14.0 Å². The van der Waals surface area contributed by atoms with Crippen LogP contribution in [0, 0.1) is 29.1 Å². The lowest BCUT2D eigenvalue weighted by Crippen LogP contribution is -2.45. The largest absolute Gasteiger partial charge is 0.451 e. The second-order valence-electron chi connectivity index (χ2n) is 9.80. The van der Waals surface area contributed by atoms with E-state index in [1.165, 1.54) is 37.7 Å². The molecule has 0 aromatic carbocycles. The monoisotopic (exact) mass is 404 g/mol. The van der Waals surface area contributed by atoms with Gasteiger partial charge in [0.15, 0.2) is 14.4 Å². The van der Waals surface area contributed by atoms with Gasteiger partial charge in [-0.2, -0.15) is 0 Å². The Bertz CT molecular complexity index is 610. The average Bonchev–Trinajstić information content (AvgIpc) is 2.97. The average molecular weight is 405 g/mol. The van der Waals surface area contributed by atoms with E-state index < -0.39 is 8.32 Å². The van der Waals surface area contributed by atoms with Crippen LogP contribution in [0.4, 0.5) is 0 Å². The highest BCUT2D eigenvalue weighted by atomic mass is 28.4. The number of fused-ring (bicyclic) bond motifs is 1. The van der Waals surface area contributed by atoms with Gasteiger partial charge in [-0.3, -0.25) is 4.79 Å². The molecule has 1 fully saturated rings. The van der Waals surface area contributed by atoms with Crippen LogP contribution < -0.4 is 0 Å². The Morgan fingerprint density at radius 2 is 2.11 bits per heavy atom. The Labute approximate surface area is 173 Å². The number of hydrogen-bond donors (Lipinski definition) is 0. The summed E-state index contributed by atoms with van der Waals surface area (Å²) in [4.78, 5) is 11.1. The van der Waals surface area contributed by atoms with Gasteiger partial charge in [0.2, 0.25) is 0 Å². The lowest BCUT2D eigenvalue weighted by atomic mass is 9.63. The van der Waals surface area contributed by atoms with Gasteiger partial charge >= 0.3 is 0 Å². The van der Waals surface area contributed by atoms with Crippen molar-refractivity contribution in [2.24, 2.45) is 17.3 Å². The molecule has 28 heavy (non-hydrogen) atoms. The van der Waals surface area contributed by atoms with Crippen molar-refractivity contribution in [1.82, 2.24) is 0 Å². The van der Waals surface area contributed by atoms with E-state index in [9.17, 15) is 4.79 Å². The molecule has 0 aromatic heterocycles. The zero-order valence-electron chi connectivity index (χ0n) is 18.8. The fraction of sp³-hybridized carbons (Fsp3) is 0.792. The van der Waals surface area contributed by atoms with Crippen LogP contribution in [0.5, 0.6) is 0 Å².